The lowest BCUT2D eigenvalue weighted by Crippen LogP contribution is -2.46. The van der Waals surface area contributed by atoms with Crippen LogP contribution >= 0.6 is 14.4 Å². The normalized spacial score (nSPS) is 22.1. The molecule has 6 heteroatoms. The highest BCUT2D eigenvalue weighted by atomic mass is 31.2. The summed E-state index contributed by atoms with van der Waals surface area (Å²) in [6.45, 7) is 18.2. The summed E-state index contributed by atoms with van der Waals surface area (Å²) in [5.41, 5.74) is 6.15. The summed E-state index contributed by atoms with van der Waals surface area (Å²) in [5.74, 6) is 0.669. The molecule has 0 spiro atoms. The smallest absolute Gasteiger partial charge is 0.211 e. The van der Waals surface area contributed by atoms with Crippen LogP contribution < -0.4 is 26.1 Å². The third kappa shape index (κ3) is 3.45. The Kier molecular flexibility index (Phi) is 6.19. The van der Waals surface area contributed by atoms with Gasteiger partial charge in [0.2, 0.25) is 7.29 Å². The van der Waals surface area contributed by atoms with Gasteiger partial charge in [-0.15, -0.1) is 0 Å². The predicted molar refractivity (Wildman–Crippen MR) is 157 cm³/mol. The first-order chi connectivity index (χ1) is 17.0. The molecule has 0 saturated carbocycles. The molecule has 2 heterocycles. The van der Waals surface area contributed by atoms with Crippen LogP contribution in [0.1, 0.15) is 70.1 Å². The molecule has 0 radical (unpaired) electrons. The molecule has 0 saturated heterocycles. The van der Waals surface area contributed by atoms with Crippen molar-refractivity contribution in [3.05, 3.63) is 65.2 Å². The van der Waals surface area contributed by atoms with Gasteiger partial charge in [0.1, 0.15) is 7.14 Å². The molecule has 2 unspecified atom stereocenters. The maximum atomic E-state index is 15.5. The first-order valence-corrected chi connectivity index (χ1v) is 17.0. The van der Waals surface area contributed by atoms with Gasteiger partial charge in [-0.1, -0.05) is 53.7 Å². The first-order valence-electron chi connectivity index (χ1n) is 13.1. The van der Waals surface area contributed by atoms with Gasteiger partial charge in [0.15, 0.2) is 0 Å². The monoisotopic (exact) mass is 520 g/mol. The molecule has 190 valence electrons. The van der Waals surface area contributed by atoms with Gasteiger partial charge in [-0.2, -0.15) is 0 Å². The molecule has 2 aliphatic rings. The molecular weight excluding hydrogens is 482 g/mol. The topological polar surface area (TPSA) is 40.6 Å². The number of nitrogens with zero attached hydrogens (tertiary/aromatic N) is 2. The fraction of sp³-hybridized carbons (Fsp3) is 0.400. The second kappa shape index (κ2) is 8.73. The number of fused-ring (bicyclic) bond motifs is 4. The van der Waals surface area contributed by atoms with Crippen molar-refractivity contribution in [3.8, 4) is 0 Å². The van der Waals surface area contributed by atoms with Crippen molar-refractivity contribution in [2.75, 3.05) is 24.7 Å². The van der Waals surface area contributed by atoms with E-state index >= 15 is 4.57 Å². The van der Waals surface area contributed by atoms with Crippen LogP contribution in [0.15, 0.2) is 48.5 Å². The van der Waals surface area contributed by atoms with E-state index in [9.17, 15) is 4.57 Å². The Morgan fingerprint density at radius 1 is 0.750 bits per heavy atom. The lowest BCUT2D eigenvalue weighted by Gasteiger charge is -2.46. The van der Waals surface area contributed by atoms with Gasteiger partial charge in [0.25, 0.3) is 0 Å². The van der Waals surface area contributed by atoms with Crippen molar-refractivity contribution < 1.29 is 9.13 Å². The maximum absolute atomic E-state index is 15.5. The maximum Gasteiger partial charge on any atom is 0.211 e. The van der Waals surface area contributed by atoms with Crippen LogP contribution in [0.4, 0.5) is 17.1 Å². The zero-order chi connectivity index (χ0) is 26.2. The molecule has 2 atom stereocenters. The van der Waals surface area contributed by atoms with Gasteiger partial charge in [0, 0.05) is 23.7 Å². The van der Waals surface area contributed by atoms with E-state index in [0.29, 0.717) is 24.9 Å². The fourth-order valence-corrected chi connectivity index (χ4v) is 11.6. The molecule has 5 rings (SSSR count). The van der Waals surface area contributed by atoms with E-state index in [4.69, 9.17) is 0 Å². The zero-order valence-electron chi connectivity index (χ0n) is 22.8. The zero-order valence-corrected chi connectivity index (χ0v) is 24.6. The lowest BCUT2D eigenvalue weighted by atomic mass is 10.0. The van der Waals surface area contributed by atoms with Gasteiger partial charge in [-0.25, -0.2) is 4.67 Å². The molecule has 3 aromatic rings. The first kappa shape index (κ1) is 25.5. The van der Waals surface area contributed by atoms with Crippen molar-refractivity contribution in [2.24, 2.45) is 0 Å². The second-order valence-corrected chi connectivity index (χ2v) is 16.4. The highest BCUT2D eigenvalue weighted by molar-refractivity contribution is 7.80. The van der Waals surface area contributed by atoms with Gasteiger partial charge in [-0.05, 0) is 78.5 Å². The number of benzene rings is 3. The van der Waals surface area contributed by atoms with Gasteiger partial charge in [0.05, 0.1) is 27.7 Å². The Morgan fingerprint density at radius 3 is 1.78 bits per heavy atom. The SMILES string of the molecule is CCN(CC)P1(=O)c2cc(C(C)C)ccc2N2c3ccc(C(C)C)cc3P(C)(=O)c3cc(C)cc1c32. The molecule has 0 N–H and O–H groups in total. The van der Waals surface area contributed by atoms with Crippen molar-refractivity contribution in [3.63, 3.8) is 0 Å². The highest BCUT2D eigenvalue weighted by Gasteiger charge is 2.49. The summed E-state index contributed by atoms with van der Waals surface area (Å²) in [6.07, 6.45) is 0. The molecule has 36 heavy (non-hydrogen) atoms. The molecule has 0 amide bonds. The number of hydrogen-bond donors (Lipinski definition) is 0. The van der Waals surface area contributed by atoms with E-state index < -0.39 is 14.4 Å². The highest BCUT2D eigenvalue weighted by Crippen LogP contribution is 2.61. The third-order valence-corrected chi connectivity index (χ3v) is 13.9. The Balaban J connectivity index is 1.95. The minimum atomic E-state index is -3.16. The Labute approximate surface area is 216 Å². The summed E-state index contributed by atoms with van der Waals surface area (Å²) in [4.78, 5) is 2.25. The van der Waals surface area contributed by atoms with E-state index in [0.717, 1.165) is 43.8 Å². The van der Waals surface area contributed by atoms with Gasteiger partial charge < -0.3 is 9.46 Å². The quantitative estimate of drug-likeness (QED) is 0.345. The molecule has 2 aliphatic heterocycles. The molecule has 0 aliphatic carbocycles. The number of aryl methyl sites for hydroxylation is 1. The number of hydrogen-bond acceptors (Lipinski definition) is 3. The lowest BCUT2D eigenvalue weighted by molar-refractivity contribution is 0.458. The van der Waals surface area contributed by atoms with E-state index in [-0.39, 0.29) is 0 Å². The minimum absolute atomic E-state index is 0.327. The van der Waals surface area contributed by atoms with Crippen LogP contribution in [-0.4, -0.2) is 24.4 Å². The Hall–Kier alpha value is -2.12. The summed E-state index contributed by atoms with van der Waals surface area (Å²) in [6, 6.07) is 17.1. The minimum Gasteiger partial charge on any atom is -0.314 e. The van der Waals surface area contributed by atoms with Crippen LogP contribution in [0.3, 0.4) is 0 Å². The molecule has 0 bridgehead atoms. The number of anilines is 3. The largest absolute Gasteiger partial charge is 0.314 e. The van der Waals surface area contributed by atoms with Crippen molar-refractivity contribution >= 4 is 52.7 Å². The fourth-order valence-electron chi connectivity index (χ4n) is 5.85. The van der Waals surface area contributed by atoms with E-state index in [2.05, 4.69) is 99.6 Å². The van der Waals surface area contributed by atoms with Crippen LogP contribution in [0.5, 0.6) is 0 Å². The van der Waals surface area contributed by atoms with Crippen molar-refractivity contribution in [1.29, 1.82) is 0 Å². The van der Waals surface area contributed by atoms with Crippen molar-refractivity contribution in [1.82, 2.24) is 4.67 Å². The summed E-state index contributed by atoms with van der Waals surface area (Å²) < 4.78 is 32.3. The summed E-state index contributed by atoms with van der Waals surface area (Å²) in [7, 11) is -6.09. The molecule has 3 aromatic carbocycles. The van der Waals surface area contributed by atoms with Crippen molar-refractivity contribution in [2.45, 2.75) is 60.3 Å². The molecule has 4 nitrogen and oxygen atoms in total. The Morgan fingerprint density at radius 2 is 1.25 bits per heavy atom. The summed E-state index contributed by atoms with van der Waals surface area (Å²) in [5, 5.41) is 3.46. The van der Waals surface area contributed by atoms with E-state index in [1.165, 1.54) is 11.1 Å². The molecular formula is C30H38N2O2P2. The molecule has 0 aromatic heterocycles. The van der Waals surface area contributed by atoms with Crippen LogP contribution in [0.2, 0.25) is 0 Å². The third-order valence-electron chi connectivity index (χ3n) is 7.95. The van der Waals surface area contributed by atoms with Gasteiger partial charge >= 0.3 is 0 Å². The summed E-state index contributed by atoms with van der Waals surface area (Å²) >= 11 is 0. The van der Waals surface area contributed by atoms with Crippen LogP contribution in [-0.2, 0) is 9.13 Å². The van der Waals surface area contributed by atoms with Crippen LogP contribution in [0, 0.1) is 6.92 Å². The number of rotatable bonds is 5. The average molecular weight is 521 g/mol. The molecule has 0 fully saturated rings. The van der Waals surface area contributed by atoms with Crippen LogP contribution in [0.25, 0.3) is 0 Å². The Bertz CT molecular complexity index is 1470. The van der Waals surface area contributed by atoms with E-state index in [1.54, 1.807) is 0 Å². The average Bonchev–Trinajstić information content (AvgIpc) is 2.84. The standard InChI is InChI=1S/C30H38N2O2P2/c1-9-31(10-2)36(34)27-18-23(20(5)6)12-14-25(27)32-24-13-11-22(19(3)4)17-26(24)35(8,33)28-15-21(7)16-29(36)30(28)32/h11-20H,9-10H2,1-8H3. The second-order valence-electron chi connectivity index (χ2n) is 10.9. The van der Waals surface area contributed by atoms with Gasteiger partial charge in [-0.3, -0.25) is 4.57 Å². The van der Waals surface area contributed by atoms with E-state index in [1.807, 2.05) is 13.6 Å². The predicted octanol–water partition coefficient (Wildman–Crippen LogP) is 6.85.